The summed E-state index contributed by atoms with van der Waals surface area (Å²) in [5.41, 5.74) is 8.65. The third kappa shape index (κ3) is 5.01. The molecule has 0 aliphatic carbocycles. The number of hydrogen-bond donors (Lipinski definition) is 1. The fraction of sp³-hybridized carbons (Fsp3) is 0.905. The van der Waals surface area contributed by atoms with Crippen LogP contribution in [-0.4, -0.2) is 91.5 Å². The van der Waals surface area contributed by atoms with Crippen molar-refractivity contribution in [3.8, 4) is 0 Å². The lowest BCUT2D eigenvalue weighted by Gasteiger charge is -2.25. The van der Waals surface area contributed by atoms with Crippen LogP contribution in [0.2, 0.25) is 0 Å². The largest absolute Gasteiger partial charge is 0.461 e. The highest BCUT2D eigenvalue weighted by Gasteiger charge is 2.59. The Kier molecular flexibility index (Phi) is 6.82. The number of nitrogens with zero attached hydrogens (tertiary/aromatic N) is 3. The van der Waals surface area contributed by atoms with Crippen LogP contribution in [-0.2, 0) is 42.7 Å². The van der Waals surface area contributed by atoms with Gasteiger partial charge < -0.3 is 38.5 Å². The third-order valence-corrected chi connectivity index (χ3v) is 5.94. The van der Waals surface area contributed by atoms with Gasteiger partial charge in [0, 0.05) is 11.5 Å². The predicted octanol–water partition coefficient (Wildman–Crippen LogP) is 0.940. The fourth-order valence-electron chi connectivity index (χ4n) is 4.79. The molecule has 4 rings (SSSR count). The van der Waals surface area contributed by atoms with E-state index in [-0.39, 0.29) is 19.2 Å². The second-order valence-electron chi connectivity index (χ2n) is 9.96. The Morgan fingerprint density at radius 1 is 0.941 bits per heavy atom. The second-order valence-corrected chi connectivity index (χ2v) is 9.96. The maximum Gasteiger partial charge on any atom is 0.338 e. The van der Waals surface area contributed by atoms with Gasteiger partial charge in [0.1, 0.15) is 30.5 Å². The van der Waals surface area contributed by atoms with Gasteiger partial charge in [0.15, 0.2) is 23.8 Å². The summed E-state index contributed by atoms with van der Waals surface area (Å²) in [5.74, 6) is -2.79. The smallest absolute Gasteiger partial charge is 0.338 e. The average Bonchev–Trinajstić information content (AvgIpc) is 3.40. The Morgan fingerprint density at radius 3 is 2.06 bits per heavy atom. The topological polar surface area (TPSA) is 160 Å². The highest BCUT2D eigenvalue weighted by atomic mass is 16.8. The van der Waals surface area contributed by atoms with E-state index in [0.29, 0.717) is 0 Å². The van der Waals surface area contributed by atoms with E-state index in [2.05, 4.69) is 15.3 Å². The first-order valence-electron chi connectivity index (χ1n) is 11.4. The number of esters is 1. The van der Waals surface area contributed by atoms with Gasteiger partial charge in [0.25, 0.3) is 5.91 Å². The molecule has 0 spiro atoms. The minimum Gasteiger partial charge on any atom is -0.461 e. The van der Waals surface area contributed by atoms with E-state index in [1.165, 1.54) is 0 Å². The molecule has 4 aliphatic heterocycles. The molecule has 190 valence electrons. The summed E-state index contributed by atoms with van der Waals surface area (Å²) in [5, 5.41) is 6.36. The van der Waals surface area contributed by atoms with Crippen molar-refractivity contribution < 1.29 is 42.7 Å². The predicted molar refractivity (Wildman–Crippen MR) is 113 cm³/mol. The van der Waals surface area contributed by atoms with Gasteiger partial charge in [0.05, 0.1) is 18.8 Å². The van der Waals surface area contributed by atoms with Crippen molar-refractivity contribution in [1.82, 2.24) is 5.32 Å². The normalized spacial score (nSPS) is 39.4. The molecule has 0 saturated carbocycles. The molecular weight excluding hydrogens is 452 g/mol. The summed E-state index contributed by atoms with van der Waals surface area (Å²) in [6, 6.07) is 0. The summed E-state index contributed by atoms with van der Waals surface area (Å²) in [6.07, 6.45) is -5.95. The molecule has 4 saturated heterocycles. The summed E-state index contributed by atoms with van der Waals surface area (Å²) in [6.45, 7) is 10.5. The van der Waals surface area contributed by atoms with Gasteiger partial charge >= 0.3 is 5.97 Å². The number of rotatable bonds is 7. The van der Waals surface area contributed by atoms with Gasteiger partial charge in [-0.05, 0) is 47.1 Å². The van der Waals surface area contributed by atoms with Crippen LogP contribution in [0, 0.1) is 0 Å². The molecule has 4 aliphatic rings. The Bertz CT molecular complexity index is 859. The van der Waals surface area contributed by atoms with E-state index >= 15 is 0 Å². The number of ether oxygens (including phenoxy) is 7. The molecule has 34 heavy (non-hydrogen) atoms. The number of carbonyl (C=O) groups is 2. The van der Waals surface area contributed by atoms with Gasteiger partial charge in [0.2, 0.25) is 0 Å². The fourth-order valence-corrected chi connectivity index (χ4v) is 4.79. The Hall–Kier alpha value is -1.99. The zero-order valence-electron chi connectivity index (χ0n) is 20.1. The number of nitrogens with one attached hydrogen (secondary N) is 1. The van der Waals surface area contributed by atoms with Crippen molar-refractivity contribution in [3.63, 3.8) is 0 Å². The van der Waals surface area contributed by atoms with E-state index in [9.17, 15) is 9.59 Å². The molecule has 8 atom stereocenters. The maximum atomic E-state index is 13.1. The second kappa shape index (κ2) is 9.23. The third-order valence-electron chi connectivity index (χ3n) is 5.94. The minimum absolute atomic E-state index is 0.0102. The van der Waals surface area contributed by atoms with Crippen molar-refractivity contribution in [2.24, 2.45) is 5.11 Å². The summed E-state index contributed by atoms with van der Waals surface area (Å²) in [4.78, 5) is 28.4. The molecule has 13 nitrogen and oxygen atoms in total. The molecule has 0 aromatic carbocycles. The van der Waals surface area contributed by atoms with E-state index in [0.717, 1.165) is 0 Å². The van der Waals surface area contributed by atoms with Crippen LogP contribution >= 0.6 is 0 Å². The van der Waals surface area contributed by atoms with Gasteiger partial charge in [-0.1, -0.05) is 5.11 Å². The number of carbonyl (C=O) groups excluding carboxylic acids is 2. The average molecular weight is 485 g/mol. The lowest BCUT2D eigenvalue weighted by molar-refractivity contribution is -0.197. The highest BCUT2D eigenvalue weighted by Crippen LogP contribution is 2.40. The molecule has 0 radical (unpaired) electrons. The van der Waals surface area contributed by atoms with Crippen molar-refractivity contribution in [3.05, 3.63) is 10.4 Å². The first kappa shape index (κ1) is 25.1. The zero-order valence-corrected chi connectivity index (χ0v) is 20.1. The molecule has 1 N–H and O–H groups in total. The minimum atomic E-state index is -0.971. The Balaban J connectivity index is 1.41. The first-order valence-corrected chi connectivity index (χ1v) is 11.4. The van der Waals surface area contributed by atoms with Crippen LogP contribution in [0.15, 0.2) is 5.11 Å². The van der Waals surface area contributed by atoms with E-state index in [1.54, 1.807) is 41.5 Å². The summed E-state index contributed by atoms with van der Waals surface area (Å²) in [7, 11) is 0. The number of amides is 1. The van der Waals surface area contributed by atoms with E-state index in [1.807, 2.05) is 0 Å². The first-order chi connectivity index (χ1) is 15.9. The SMILES string of the molecule is CC(C)OC(=O)[C@@H]1O[C@H](CNC(=O)[C@@H]2O[C@H](CN=[N+]=[N-])[C@@H]3OC(C)(C)O[C@@H]32)[C@@H]2OC(C)(C)O[C@@H]21. The number of hydrogen-bond acceptors (Lipinski definition) is 10. The number of azide groups is 1. The van der Waals surface area contributed by atoms with Gasteiger partial charge in [-0.3, -0.25) is 4.79 Å². The molecule has 0 unspecified atom stereocenters. The van der Waals surface area contributed by atoms with Crippen LogP contribution in [0.3, 0.4) is 0 Å². The quantitative estimate of drug-likeness (QED) is 0.240. The maximum absolute atomic E-state index is 13.1. The van der Waals surface area contributed by atoms with E-state index in [4.69, 9.17) is 38.7 Å². The molecule has 0 aromatic heterocycles. The van der Waals surface area contributed by atoms with Gasteiger partial charge in [-0.25, -0.2) is 4.79 Å². The molecular formula is C21H32N4O9. The van der Waals surface area contributed by atoms with Gasteiger partial charge in [-0.2, -0.15) is 0 Å². The zero-order chi connectivity index (χ0) is 24.8. The highest BCUT2D eigenvalue weighted by molar-refractivity contribution is 5.82. The van der Waals surface area contributed by atoms with Crippen molar-refractivity contribution >= 4 is 11.9 Å². The molecule has 0 bridgehead atoms. The van der Waals surface area contributed by atoms with Crippen molar-refractivity contribution in [1.29, 1.82) is 0 Å². The molecule has 0 aromatic rings. The van der Waals surface area contributed by atoms with Crippen molar-refractivity contribution in [2.75, 3.05) is 13.1 Å². The van der Waals surface area contributed by atoms with E-state index < -0.39 is 72.3 Å². The van der Waals surface area contributed by atoms with Crippen LogP contribution in [0.4, 0.5) is 0 Å². The summed E-state index contributed by atoms with van der Waals surface area (Å²) >= 11 is 0. The molecule has 4 heterocycles. The Labute approximate surface area is 197 Å². The van der Waals surface area contributed by atoms with Gasteiger partial charge in [-0.15, -0.1) is 0 Å². The van der Waals surface area contributed by atoms with Crippen molar-refractivity contribution in [2.45, 2.75) is 108 Å². The monoisotopic (exact) mass is 484 g/mol. The lowest BCUT2D eigenvalue weighted by Crippen LogP contribution is -2.47. The Morgan fingerprint density at radius 2 is 1.47 bits per heavy atom. The van der Waals surface area contributed by atoms with Crippen LogP contribution in [0.1, 0.15) is 41.5 Å². The number of fused-ring (bicyclic) bond motifs is 2. The lowest BCUT2D eigenvalue weighted by atomic mass is 10.1. The molecule has 4 fully saturated rings. The molecule has 1 amide bonds. The van der Waals surface area contributed by atoms with Crippen LogP contribution < -0.4 is 5.32 Å². The standard InChI is InChI=1S/C21H32N4O9/c1-9(2)28-19(27)17-15-12(31-21(5,6)34-15)10(30-17)7-23-18(26)16-14-13(32-20(3,4)33-14)11(29-16)8-24-25-22/h9-17H,7-8H2,1-6H3,(H,23,26)/t10-,11-,12+,13+,14+,15+,16-,17-/m1/s1. The van der Waals surface area contributed by atoms with Crippen LogP contribution in [0.25, 0.3) is 10.4 Å². The summed E-state index contributed by atoms with van der Waals surface area (Å²) < 4.78 is 40.6. The van der Waals surface area contributed by atoms with Crippen LogP contribution in [0.5, 0.6) is 0 Å². The molecule has 13 heteroatoms.